The highest BCUT2D eigenvalue weighted by molar-refractivity contribution is 7.23. The molecule has 154 valence electrons. The van der Waals surface area contributed by atoms with E-state index in [1.54, 1.807) is 24.3 Å². The second-order valence-corrected chi connectivity index (χ2v) is 7.97. The van der Waals surface area contributed by atoms with Gasteiger partial charge in [-0.05, 0) is 11.5 Å². The van der Waals surface area contributed by atoms with Crippen molar-refractivity contribution >= 4 is 60.4 Å². The summed E-state index contributed by atoms with van der Waals surface area (Å²) in [5.74, 6) is -1.68. The van der Waals surface area contributed by atoms with Crippen LogP contribution in [0.3, 0.4) is 0 Å². The number of thiophene rings is 1. The van der Waals surface area contributed by atoms with Gasteiger partial charge in [-0.3, -0.25) is 29.8 Å². The molecule has 2 amide bonds. The third-order valence-corrected chi connectivity index (χ3v) is 6.35. The molecule has 0 bridgehead atoms. The van der Waals surface area contributed by atoms with E-state index in [0.29, 0.717) is 10.1 Å². The van der Waals surface area contributed by atoms with Crippen LogP contribution in [0.2, 0.25) is 0 Å². The van der Waals surface area contributed by atoms with E-state index in [1.807, 2.05) is 6.07 Å². The van der Waals surface area contributed by atoms with E-state index in [-0.39, 0.29) is 32.5 Å². The highest BCUT2D eigenvalue weighted by atomic mass is 32.1. The maximum absolute atomic E-state index is 13.4. The van der Waals surface area contributed by atoms with Crippen molar-refractivity contribution in [1.82, 2.24) is 0 Å². The van der Waals surface area contributed by atoms with Crippen molar-refractivity contribution in [2.45, 2.75) is 0 Å². The van der Waals surface area contributed by atoms with Crippen LogP contribution < -0.4 is 4.90 Å². The number of hydrogen-bond acceptors (Lipinski definition) is 8. The Balaban J connectivity index is 1.85. The van der Waals surface area contributed by atoms with E-state index in [4.69, 9.17) is 0 Å². The summed E-state index contributed by atoms with van der Waals surface area (Å²) in [4.78, 5) is 49.0. The Morgan fingerprint density at radius 2 is 1.47 bits per heavy atom. The Morgan fingerprint density at radius 3 is 2.00 bits per heavy atom. The van der Waals surface area contributed by atoms with Crippen molar-refractivity contribution in [1.29, 1.82) is 5.26 Å². The van der Waals surface area contributed by atoms with Crippen molar-refractivity contribution < 1.29 is 19.4 Å². The third kappa shape index (κ3) is 2.57. The highest BCUT2D eigenvalue weighted by Gasteiger charge is 2.39. The van der Waals surface area contributed by atoms with Crippen LogP contribution in [0.15, 0.2) is 48.5 Å². The molecule has 1 aliphatic rings. The van der Waals surface area contributed by atoms with Crippen molar-refractivity contribution in [2.24, 2.45) is 0 Å². The van der Waals surface area contributed by atoms with Crippen molar-refractivity contribution in [3.05, 3.63) is 85.4 Å². The fraction of sp³-hybridized carbons (Fsp3) is 0. The monoisotopic (exact) mass is 444 g/mol. The minimum Gasteiger partial charge on any atom is -0.268 e. The van der Waals surface area contributed by atoms with Crippen LogP contribution in [0.5, 0.6) is 0 Å². The molecular weight excluding hydrogens is 436 g/mol. The molecule has 5 rings (SSSR count). The van der Waals surface area contributed by atoms with Gasteiger partial charge in [0.15, 0.2) is 0 Å². The molecular formula is C21H8N4O6S. The smallest absolute Gasteiger partial charge is 0.268 e. The average Bonchev–Trinajstić information content (AvgIpc) is 3.14. The molecule has 0 N–H and O–H groups in total. The Labute approximate surface area is 181 Å². The molecule has 2 heterocycles. The van der Waals surface area contributed by atoms with Gasteiger partial charge in [-0.25, -0.2) is 4.90 Å². The fourth-order valence-corrected chi connectivity index (χ4v) is 5.00. The van der Waals surface area contributed by atoms with E-state index in [9.17, 15) is 35.1 Å². The van der Waals surface area contributed by atoms with Gasteiger partial charge in [-0.1, -0.05) is 18.2 Å². The number of rotatable bonds is 3. The standard InChI is InChI=1S/C21H8N4O6S/c22-9-16-13-3-1-2-4-17(13)32-21(16)23-19(26)14-7-11(24(28)29)5-10-6-12(25(30)31)8-15(18(10)14)20(23)27/h1-8H. The van der Waals surface area contributed by atoms with Gasteiger partial charge in [-0.15, -0.1) is 11.3 Å². The number of nitro groups is 2. The Kier molecular flexibility index (Phi) is 4.01. The number of hydrogen-bond donors (Lipinski definition) is 0. The summed E-state index contributed by atoms with van der Waals surface area (Å²) in [6.45, 7) is 0. The molecule has 0 atom stereocenters. The first-order chi connectivity index (χ1) is 15.3. The molecule has 1 aliphatic heterocycles. The molecule has 0 fully saturated rings. The molecule has 3 aromatic carbocycles. The summed E-state index contributed by atoms with van der Waals surface area (Å²) in [5.41, 5.74) is -1.07. The van der Waals surface area contributed by atoms with Crippen molar-refractivity contribution in [2.75, 3.05) is 4.90 Å². The molecule has 0 spiro atoms. The predicted octanol–water partition coefficient (Wildman–Crippen LogP) is 4.54. The quantitative estimate of drug-likeness (QED) is 0.256. The number of nitriles is 1. The van der Waals surface area contributed by atoms with Crippen LogP contribution in [0.4, 0.5) is 16.4 Å². The molecule has 32 heavy (non-hydrogen) atoms. The molecule has 0 saturated carbocycles. The zero-order valence-electron chi connectivity index (χ0n) is 15.8. The Morgan fingerprint density at radius 1 is 0.906 bits per heavy atom. The SMILES string of the molecule is N#Cc1c(N2C(=O)c3cc([N+](=O)[O-])cc4cc([N+](=O)[O-])cc(c34)C2=O)sc2ccccc12. The molecule has 4 aromatic rings. The lowest BCUT2D eigenvalue weighted by Crippen LogP contribution is -2.40. The number of anilines is 1. The first kappa shape index (κ1) is 19.3. The van der Waals surface area contributed by atoms with E-state index in [0.717, 1.165) is 40.5 Å². The minimum absolute atomic E-state index is 0.0385. The van der Waals surface area contributed by atoms with Crippen LogP contribution in [0.1, 0.15) is 26.3 Å². The number of nitro benzene ring substituents is 2. The number of nitrogens with zero attached hydrogens (tertiary/aromatic N) is 4. The second kappa shape index (κ2) is 6.66. The number of benzene rings is 3. The summed E-state index contributed by atoms with van der Waals surface area (Å²) >= 11 is 1.04. The average molecular weight is 444 g/mol. The largest absolute Gasteiger partial charge is 0.270 e. The molecule has 11 heteroatoms. The van der Waals surface area contributed by atoms with E-state index in [1.165, 1.54) is 0 Å². The maximum atomic E-state index is 13.4. The maximum Gasteiger partial charge on any atom is 0.270 e. The lowest BCUT2D eigenvalue weighted by Gasteiger charge is -2.26. The van der Waals surface area contributed by atoms with Crippen LogP contribution in [-0.4, -0.2) is 21.7 Å². The first-order valence-corrected chi connectivity index (χ1v) is 9.84. The number of carbonyl (C=O) groups excluding carboxylic acids is 2. The van der Waals surface area contributed by atoms with Crippen molar-refractivity contribution in [3.63, 3.8) is 0 Å². The lowest BCUT2D eigenvalue weighted by molar-refractivity contribution is -0.385. The summed E-state index contributed by atoms with van der Waals surface area (Å²) in [7, 11) is 0. The number of imide groups is 1. The van der Waals surface area contributed by atoms with Gasteiger partial charge in [-0.2, -0.15) is 5.26 Å². The highest BCUT2D eigenvalue weighted by Crippen LogP contribution is 2.43. The summed E-state index contributed by atoms with van der Waals surface area (Å²) in [6.07, 6.45) is 0. The lowest BCUT2D eigenvalue weighted by atomic mass is 9.92. The Bertz CT molecular complexity index is 1530. The van der Waals surface area contributed by atoms with Crippen LogP contribution in [-0.2, 0) is 0 Å². The van der Waals surface area contributed by atoms with E-state index >= 15 is 0 Å². The van der Waals surface area contributed by atoms with Gasteiger partial charge >= 0.3 is 0 Å². The fourth-order valence-electron chi connectivity index (χ4n) is 3.85. The van der Waals surface area contributed by atoms with Crippen LogP contribution in [0.25, 0.3) is 20.9 Å². The predicted molar refractivity (Wildman–Crippen MR) is 115 cm³/mol. The van der Waals surface area contributed by atoms with Crippen molar-refractivity contribution in [3.8, 4) is 6.07 Å². The second-order valence-electron chi connectivity index (χ2n) is 6.93. The minimum atomic E-state index is -0.840. The Hall–Kier alpha value is -4.69. The number of non-ortho nitro benzene ring substituents is 2. The summed E-state index contributed by atoms with van der Waals surface area (Å²) < 4.78 is 0.661. The summed E-state index contributed by atoms with van der Waals surface area (Å²) in [6, 6.07) is 13.1. The molecule has 0 saturated heterocycles. The van der Waals surface area contributed by atoms with Gasteiger partial charge in [0.2, 0.25) is 0 Å². The van der Waals surface area contributed by atoms with Gasteiger partial charge in [0.1, 0.15) is 11.1 Å². The topological polar surface area (TPSA) is 147 Å². The molecule has 0 aliphatic carbocycles. The van der Waals surface area contributed by atoms with Gasteiger partial charge < -0.3 is 0 Å². The van der Waals surface area contributed by atoms with Gasteiger partial charge in [0.25, 0.3) is 23.2 Å². The van der Waals surface area contributed by atoms with Gasteiger partial charge in [0.05, 0.1) is 26.5 Å². The van der Waals surface area contributed by atoms with Crippen LogP contribution >= 0.6 is 11.3 Å². The van der Waals surface area contributed by atoms with E-state index in [2.05, 4.69) is 0 Å². The van der Waals surface area contributed by atoms with Gasteiger partial charge in [0, 0.05) is 39.7 Å². The first-order valence-electron chi connectivity index (χ1n) is 9.03. The molecule has 0 unspecified atom stereocenters. The number of amides is 2. The van der Waals surface area contributed by atoms with Crippen LogP contribution in [0, 0.1) is 31.6 Å². The number of fused-ring (bicyclic) bond motifs is 1. The molecule has 10 nitrogen and oxygen atoms in total. The zero-order chi connectivity index (χ0) is 22.7. The van der Waals surface area contributed by atoms with E-state index < -0.39 is 33.0 Å². The molecule has 0 radical (unpaired) electrons. The number of carbonyl (C=O) groups is 2. The summed E-state index contributed by atoms with van der Waals surface area (Å²) in [5, 5.41) is 33.3. The zero-order valence-corrected chi connectivity index (χ0v) is 16.6. The normalized spacial score (nSPS) is 12.9. The molecule has 1 aromatic heterocycles. The third-order valence-electron chi connectivity index (χ3n) is 5.20.